The second kappa shape index (κ2) is 5.33. The van der Waals surface area contributed by atoms with Crippen LogP contribution in [0.4, 0.5) is 13.2 Å². The Kier molecular flexibility index (Phi) is 4.58. The van der Waals surface area contributed by atoms with E-state index in [4.69, 9.17) is 10.5 Å². The predicted octanol–water partition coefficient (Wildman–Crippen LogP) is 1.38. The van der Waals surface area contributed by atoms with E-state index in [9.17, 15) is 13.2 Å². The van der Waals surface area contributed by atoms with E-state index in [0.29, 0.717) is 19.7 Å². The lowest BCUT2D eigenvalue weighted by Gasteiger charge is -2.40. The minimum Gasteiger partial charge on any atom is -0.376 e. The lowest BCUT2D eigenvalue weighted by Crippen LogP contribution is -2.59. The van der Waals surface area contributed by atoms with Crippen LogP contribution >= 0.6 is 0 Å². The van der Waals surface area contributed by atoms with Crippen LogP contribution in [-0.2, 0) is 4.74 Å². The maximum absolute atomic E-state index is 12.8. The number of nitrogens with two attached hydrogens (primary N) is 1. The van der Waals surface area contributed by atoms with E-state index in [1.54, 1.807) is 0 Å². The van der Waals surface area contributed by atoms with Gasteiger partial charge in [0.05, 0.1) is 12.7 Å². The van der Waals surface area contributed by atoms with Gasteiger partial charge < -0.3 is 10.5 Å². The van der Waals surface area contributed by atoms with Gasteiger partial charge in [-0.1, -0.05) is 6.92 Å². The van der Waals surface area contributed by atoms with Crippen LogP contribution in [0.3, 0.4) is 0 Å². The molecular weight excluding hydrogens is 221 g/mol. The molecule has 0 amide bonds. The second-order valence-electron chi connectivity index (χ2n) is 4.24. The smallest absolute Gasteiger partial charge is 0.376 e. The number of nitrogens with zero attached hydrogens (tertiary/aromatic N) is 1. The largest absolute Gasteiger partial charge is 0.405 e. The lowest BCUT2D eigenvalue weighted by atomic mass is 10.1. The fourth-order valence-electron chi connectivity index (χ4n) is 2.08. The van der Waals surface area contributed by atoms with Gasteiger partial charge in [0.1, 0.15) is 6.04 Å². The highest BCUT2D eigenvalue weighted by Crippen LogP contribution is 2.28. The second-order valence-corrected chi connectivity index (χ2v) is 4.24. The summed E-state index contributed by atoms with van der Waals surface area (Å²) in [4.78, 5) is 1.39. The fraction of sp³-hybridized carbons (Fsp3) is 1.00. The van der Waals surface area contributed by atoms with Crippen LogP contribution < -0.4 is 5.73 Å². The minimum atomic E-state index is -4.27. The molecule has 0 aliphatic carbocycles. The van der Waals surface area contributed by atoms with Crippen LogP contribution in [0.1, 0.15) is 20.3 Å². The summed E-state index contributed by atoms with van der Waals surface area (Å²) in [5, 5.41) is 0. The molecule has 3 nitrogen and oxygen atoms in total. The molecule has 1 aliphatic heterocycles. The molecule has 96 valence electrons. The average Bonchev–Trinajstić information content (AvgIpc) is 2.15. The van der Waals surface area contributed by atoms with Gasteiger partial charge in [0.2, 0.25) is 0 Å². The average molecular weight is 240 g/mol. The zero-order valence-electron chi connectivity index (χ0n) is 9.63. The number of hydrogen-bond acceptors (Lipinski definition) is 3. The van der Waals surface area contributed by atoms with Crippen LogP contribution in [0.5, 0.6) is 0 Å². The van der Waals surface area contributed by atoms with E-state index in [1.165, 1.54) is 11.8 Å². The van der Waals surface area contributed by atoms with Crippen molar-refractivity contribution in [3.05, 3.63) is 0 Å². The van der Waals surface area contributed by atoms with Crippen molar-refractivity contribution in [3.63, 3.8) is 0 Å². The van der Waals surface area contributed by atoms with Crippen molar-refractivity contribution in [3.8, 4) is 0 Å². The summed E-state index contributed by atoms with van der Waals surface area (Å²) >= 11 is 0. The molecule has 2 N–H and O–H groups in total. The third-order valence-corrected chi connectivity index (χ3v) is 2.85. The highest BCUT2D eigenvalue weighted by molar-refractivity contribution is 4.88. The van der Waals surface area contributed by atoms with E-state index in [1.807, 2.05) is 6.92 Å². The Morgan fingerprint density at radius 3 is 2.56 bits per heavy atom. The Morgan fingerprint density at radius 1 is 1.50 bits per heavy atom. The molecule has 1 heterocycles. The minimum absolute atomic E-state index is 0.114. The van der Waals surface area contributed by atoms with Crippen molar-refractivity contribution >= 4 is 0 Å². The maximum atomic E-state index is 12.8. The Bertz CT molecular complexity index is 221. The first-order valence-corrected chi connectivity index (χ1v) is 5.54. The molecule has 1 fully saturated rings. The maximum Gasteiger partial charge on any atom is 0.405 e. The van der Waals surface area contributed by atoms with Crippen molar-refractivity contribution in [2.24, 2.45) is 5.73 Å². The highest BCUT2D eigenvalue weighted by atomic mass is 19.4. The van der Waals surface area contributed by atoms with Gasteiger partial charge in [0.15, 0.2) is 0 Å². The van der Waals surface area contributed by atoms with Gasteiger partial charge in [-0.2, -0.15) is 13.2 Å². The molecule has 16 heavy (non-hydrogen) atoms. The van der Waals surface area contributed by atoms with Crippen molar-refractivity contribution in [2.45, 2.75) is 44.6 Å². The molecular formula is C10H19F3N2O. The SMILES string of the molecule is CCC1CN(C(C(C)N)C(F)(F)F)CCO1. The molecule has 0 bridgehead atoms. The summed E-state index contributed by atoms with van der Waals surface area (Å²) in [5.41, 5.74) is 5.44. The Morgan fingerprint density at radius 2 is 2.12 bits per heavy atom. The normalized spacial score (nSPS) is 27.8. The zero-order chi connectivity index (χ0) is 12.3. The van der Waals surface area contributed by atoms with Crippen LogP contribution in [0.2, 0.25) is 0 Å². The fourth-order valence-corrected chi connectivity index (χ4v) is 2.08. The molecule has 3 atom stereocenters. The topological polar surface area (TPSA) is 38.5 Å². The van der Waals surface area contributed by atoms with Crippen LogP contribution in [0.15, 0.2) is 0 Å². The molecule has 3 unspecified atom stereocenters. The zero-order valence-corrected chi connectivity index (χ0v) is 9.63. The van der Waals surface area contributed by atoms with Gasteiger partial charge in [-0.25, -0.2) is 0 Å². The quantitative estimate of drug-likeness (QED) is 0.810. The molecule has 0 spiro atoms. The van der Waals surface area contributed by atoms with Gasteiger partial charge in [-0.3, -0.25) is 4.90 Å². The van der Waals surface area contributed by atoms with Gasteiger partial charge in [-0.15, -0.1) is 0 Å². The molecule has 0 aromatic heterocycles. The van der Waals surface area contributed by atoms with E-state index >= 15 is 0 Å². The van der Waals surface area contributed by atoms with Crippen molar-refractivity contribution in [1.29, 1.82) is 0 Å². The lowest BCUT2D eigenvalue weighted by molar-refractivity contribution is -0.201. The van der Waals surface area contributed by atoms with E-state index in [2.05, 4.69) is 0 Å². The first-order valence-electron chi connectivity index (χ1n) is 5.54. The summed E-state index contributed by atoms with van der Waals surface area (Å²) in [6, 6.07) is -2.49. The first-order chi connectivity index (χ1) is 7.36. The summed E-state index contributed by atoms with van der Waals surface area (Å²) < 4.78 is 43.8. The molecule has 0 saturated carbocycles. The van der Waals surface area contributed by atoms with Gasteiger partial charge in [0, 0.05) is 19.1 Å². The Balaban J connectivity index is 2.71. The number of hydrogen-bond donors (Lipinski definition) is 1. The summed E-state index contributed by atoms with van der Waals surface area (Å²) in [5.74, 6) is 0. The Hall–Kier alpha value is -0.330. The van der Waals surface area contributed by atoms with Crippen molar-refractivity contribution < 1.29 is 17.9 Å². The summed E-state index contributed by atoms with van der Waals surface area (Å²) in [6.45, 7) is 4.25. The van der Waals surface area contributed by atoms with Crippen LogP contribution in [-0.4, -0.2) is 49.0 Å². The molecule has 1 aliphatic rings. The first kappa shape index (κ1) is 13.7. The molecule has 0 aromatic rings. The highest BCUT2D eigenvalue weighted by Gasteiger charge is 2.46. The number of rotatable bonds is 3. The third-order valence-electron chi connectivity index (χ3n) is 2.85. The van der Waals surface area contributed by atoms with Gasteiger partial charge in [-0.05, 0) is 13.3 Å². The van der Waals surface area contributed by atoms with E-state index in [-0.39, 0.29) is 6.10 Å². The number of alkyl halides is 3. The predicted molar refractivity (Wildman–Crippen MR) is 55.1 cm³/mol. The van der Waals surface area contributed by atoms with E-state index < -0.39 is 18.3 Å². The van der Waals surface area contributed by atoms with Crippen LogP contribution in [0, 0.1) is 0 Å². The molecule has 0 aromatic carbocycles. The summed E-state index contributed by atoms with van der Waals surface area (Å²) in [7, 11) is 0. The number of morpholine rings is 1. The monoisotopic (exact) mass is 240 g/mol. The number of ether oxygens (including phenoxy) is 1. The molecule has 1 rings (SSSR count). The summed E-state index contributed by atoms with van der Waals surface area (Å²) in [6.07, 6.45) is -3.67. The van der Waals surface area contributed by atoms with Crippen molar-refractivity contribution in [2.75, 3.05) is 19.7 Å². The van der Waals surface area contributed by atoms with Gasteiger partial charge >= 0.3 is 6.18 Å². The number of halogens is 3. The van der Waals surface area contributed by atoms with E-state index in [0.717, 1.165) is 6.42 Å². The van der Waals surface area contributed by atoms with Crippen molar-refractivity contribution in [1.82, 2.24) is 4.90 Å². The van der Waals surface area contributed by atoms with Crippen LogP contribution in [0.25, 0.3) is 0 Å². The molecule has 0 radical (unpaired) electrons. The molecule has 1 saturated heterocycles. The molecule has 6 heteroatoms. The van der Waals surface area contributed by atoms with Gasteiger partial charge in [0.25, 0.3) is 0 Å². The third kappa shape index (κ3) is 3.33. The standard InChI is InChI=1S/C10H19F3N2O/c1-3-8-6-15(4-5-16-8)9(7(2)14)10(11,12)13/h7-9H,3-6,14H2,1-2H3. The Labute approximate surface area is 93.7 Å².